The average molecular weight is 464 g/mol. The number of amides is 1. The van der Waals surface area contributed by atoms with E-state index in [1.165, 1.54) is 12.3 Å². The van der Waals surface area contributed by atoms with Crippen molar-refractivity contribution in [3.8, 4) is 5.75 Å². The normalized spacial score (nSPS) is 10.9. The molecule has 0 aliphatic rings. The van der Waals surface area contributed by atoms with Crippen molar-refractivity contribution in [3.63, 3.8) is 0 Å². The number of nitrogens with zero attached hydrogens (tertiary/aromatic N) is 1. The fourth-order valence-corrected chi connectivity index (χ4v) is 3.28. The first-order valence-corrected chi connectivity index (χ1v) is 9.37. The number of carbonyl (C=O) groups is 1. The number of aromatic hydroxyl groups is 1. The molecule has 0 saturated heterocycles. The van der Waals surface area contributed by atoms with Gasteiger partial charge < -0.3 is 10.4 Å². The first-order chi connectivity index (χ1) is 12.9. The van der Waals surface area contributed by atoms with Gasteiger partial charge in [-0.1, -0.05) is 35.3 Å². The Kier molecular flexibility index (Phi) is 6.16. The number of rotatable bonds is 4. The summed E-state index contributed by atoms with van der Waals surface area (Å²) in [6.07, 6.45) is 1.47. The van der Waals surface area contributed by atoms with E-state index in [0.717, 1.165) is 4.47 Å². The van der Waals surface area contributed by atoms with E-state index in [-0.39, 0.29) is 16.7 Å². The predicted octanol–water partition coefficient (Wildman–Crippen LogP) is 6.46. The van der Waals surface area contributed by atoms with Crippen LogP contribution in [-0.4, -0.2) is 17.2 Å². The van der Waals surface area contributed by atoms with Crippen molar-refractivity contribution in [2.75, 3.05) is 5.32 Å². The number of halogens is 3. The van der Waals surface area contributed by atoms with Crippen molar-refractivity contribution in [3.05, 3.63) is 86.3 Å². The molecule has 3 aromatic carbocycles. The smallest absolute Gasteiger partial charge is 0.256 e. The van der Waals surface area contributed by atoms with E-state index in [4.69, 9.17) is 23.2 Å². The third-order valence-electron chi connectivity index (χ3n) is 3.65. The summed E-state index contributed by atoms with van der Waals surface area (Å²) in [6.45, 7) is 0. The summed E-state index contributed by atoms with van der Waals surface area (Å²) in [5.74, 6) is -0.292. The molecular weight excluding hydrogens is 451 g/mol. The Hall–Kier alpha value is -2.34. The third-order valence-corrected chi connectivity index (χ3v) is 4.85. The van der Waals surface area contributed by atoms with Crippen LogP contribution >= 0.6 is 39.1 Å². The summed E-state index contributed by atoms with van der Waals surface area (Å²) >= 11 is 15.2. The van der Waals surface area contributed by atoms with Gasteiger partial charge in [0.05, 0.1) is 16.3 Å². The summed E-state index contributed by atoms with van der Waals surface area (Å²) in [5.41, 5.74) is 2.25. The van der Waals surface area contributed by atoms with E-state index in [9.17, 15) is 9.90 Å². The maximum absolute atomic E-state index is 12.3. The fraction of sp³-hybridized carbons (Fsp3) is 0. The van der Waals surface area contributed by atoms with E-state index < -0.39 is 0 Å². The molecule has 3 rings (SSSR count). The van der Waals surface area contributed by atoms with Gasteiger partial charge in [-0.2, -0.15) is 0 Å². The molecule has 136 valence electrons. The van der Waals surface area contributed by atoms with Crippen LogP contribution in [0, 0.1) is 0 Å². The Bertz CT molecular complexity index is 1020. The summed E-state index contributed by atoms with van der Waals surface area (Å²) < 4.78 is 0.726. The second-order valence-corrected chi connectivity index (χ2v) is 7.26. The largest absolute Gasteiger partial charge is 0.506 e. The first-order valence-electron chi connectivity index (χ1n) is 7.82. The van der Waals surface area contributed by atoms with Crippen LogP contribution in [0.3, 0.4) is 0 Å². The molecule has 0 saturated carbocycles. The van der Waals surface area contributed by atoms with Crippen LogP contribution < -0.4 is 5.32 Å². The molecule has 0 radical (unpaired) electrons. The number of hydrogen-bond donors (Lipinski definition) is 2. The van der Waals surface area contributed by atoms with Crippen molar-refractivity contribution in [2.45, 2.75) is 0 Å². The Balaban J connectivity index is 1.72. The van der Waals surface area contributed by atoms with Crippen LogP contribution in [0.2, 0.25) is 10.0 Å². The van der Waals surface area contributed by atoms with Crippen LogP contribution in [0.4, 0.5) is 11.4 Å². The van der Waals surface area contributed by atoms with Gasteiger partial charge in [0.15, 0.2) is 0 Å². The molecule has 0 unspecified atom stereocenters. The van der Waals surface area contributed by atoms with Gasteiger partial charge in [0.1, 0.15) is 5.75 Å². The van der Waals surface area contributed by atoms with Gasteiger partial charge in [-0.15, -0.1) is 0 Å². The number of benzene rings is 3. The maximum Gasteiger partial charge on any atom is 0.256 e. The molecule has 0 heterocycles. The van der Waals surface area contributed by atoms with Gasteiger partial charge in [0, 0.05) is 27.0 Å². The Morgan fingerprint density at radius 3 is 2.48 bits per heavy atom. The summed E-state index contributed by atoms with van der Waals surface area (Å²) in [7, 11) is 0. The molecule has 3 aromatic rings. The van der Waals surface area contributed by atoms with Gasteiger partial charge >= 0.3 is 0 Å². The second kappa shape index (κ2) is 8.57. The minimum absolute atomic E-state index is 0.0814. The number of phenolic OH excluding ortho intramolecular Hbond substituents is 1. The molecule has 1 amide bonds. The number of hydrogen-bond acceptors (Lipinski definition) is 3. The Morgan fingerprint density at radius 1 is 1.07 bits per heavy atom. The van der Waals surface area contributed by atoms with Crippen molar-refractivity contribution < 1.29 is 9.90 Å². The van der Waals surface area contributed by atoms with Gasteiger partial charge in [-0.05, 0) is 64.5 Å². The van der Waals surface area contributed by atoms with Crippen LogP contribution in [0.15, 0.2) is 70.1 Å². The lowest BCUT2D eigenvalue weighted by Crippen LogP contribution is -2.12. The quantitative estimate of drug-likeness (QED) is 0.436. The molecule has 4 nitrogen and oxygen atoms in total. The molecule has 0 atom stereocenters. The van der Waals surface area contributed by atoms with Crippen molar-refractivity contribution in [1.82, 2.24) is 0 Å². The van der Waals surface area contributed by atoms with Crippen LogP contribution in [-0.2, 0) is 0 Å². The van der Waals surface area contributed by atoms with Crippen molar-refractivity contribution in [1.29, 1.82) is 0 Å². The highest BCUT2D eigenvalue weighted by Gasteiger charge is 2.09. The molecule has 2 N–H and O–H groups in total. The fourth-order valence-electron chi connectivity index (χ4n) is 2.30. The monoisotopic (exact) mass is 462 g/mol. The lowest BCUT2D eigenvalue weighted by molar-refractivity contribution is 0.102. The zero-order valence-corrected chi connectivity index (χ0v) is 16.9. The second-order valence-electron chi connectivity index (χ2n) is 5.56. The standard InChI is InChI=1S/C20H13BrCl2N2O2/c21-17-4-2-1-3-16(17)20(27)25-15-7-5-14(6-8-15)24-11-12-9-13(22)10-18(23)19(12)26/h1-11,26H,(H,25,27). The molecule has 0 bridgehead atoms. The molecule has 0 fully saturated rings. The Labute approximate surface area is 174 Å². The van der Waals surface area contributed by atoms with E-state index in [2.05, 4.69) is 26.2 Å². The third kappa shape index (κ3) is 4.89. The van der Waals surface area contributed by atoms with Crippen LogP contribution in [0.1, 0.15) is 15.9 Å². The predicted molar refractivity (Wildman–Crippen MR) is 114 cm³/mol. The molecular formula is C20H13BrCl2N2O2. The van der Waals surface area contributed by atoms with Crippen LogP contribution in [0.25, 0.3) is 0 Å². The minimum atomic E-state index is -0.211. The average Bonchev–Trinajstić information content (AvgIpc) is 2.65. The molecule has 0 spiro atoms. The summed E-state index contributed by atoms with van der Waals surface area (Å²) in [5, 5.41) is 13.3. The van der Waals surface area contributed by atoms with E-state index in [1.807, 2.05) is 12.1 Å². The molecule has 0 aromatic heterocycles. The van der Waals surface area contributed by atoms with Gasteiger partial charge in [-0.3, -0.25) is 9.79 Å². The zero-order chi connectivity index (χ0) is 19.4. The Morgan fingerprint density at radius 2 is 1.78 bits per heavy atom. The van der Waals surface area contributed by atoms with Gasteiger partial charge in [0.2, 0.25) is 0 Å². The number of aliphatic imine (C=N–C) groups is 1. The minimum Gasteiger partial charge on any atom is -0.506 e. The van der Waals surface area contributed by atoms with Crippen molar-refractivity contribution >= 4 is 62.6 Å². The molecule has 7 heteroatoms. The van der Waals surface area contributed by atoms with Crippen LogP contribution in [0.5, 0.6) is 5.75 Å². The van der Waals surface area contributed by atoms with Crippen molar-refractivity contribution in [2.24, 2.45) is 4.99 Å². The van der Waals surface area contributed by atoms with E-state index in [0.29, 0.717) is 27.5 Å². The topological polar surface area (TPSA) is 61.7 Å². The molecule has 0 aliphatic carbocycles. The van der Waals surface area contributed by atoms with Gasteiger partial charge in [0.25, 0.3) is 5.91 Å². The highest BCUT2D eigenvalue weighted by molar-refractivity contribution is 9.10. The molecule has 27 heavy (non-hydrogen) atoms. The zero-order valence-electron chi connectivity index (χ0n) is 13.8. The summed E-state index contributed by atoms with van der Waals surface area (Å²) in [4.78, 5) is 16.6. The van der Waals surface area contributed by atoms with Gasteiger partial charge in [-0.25, -0.2) is 0 Å². The highest BCUT2D eigenvalue weighted by Crippen LogP contribution is 2.30. The number of nitrogens with one attached hydrogen (secondary N) is 1. The number of carbonyl (C=O) groups excluding carboxylic acids is 1. The number of phenols is 1. The lowest BCUT2D eigenvalue weighted by atomic mass is 10.2. The first kappa shape index (κ1) is 19.4. The maximum atomic E-state index is 12.3. The SMILES string of the molecule is O=C(Nc1ccc(N=Cc2cc(Cl)cc(Cl)c2O)cc1)c1ccccc1Br. The molecule has 0 aliphatic heterocycles. The van der Waals surface area contributed by atoms with E-state index in [1.54, 1.807) is 42.5 Å². The lowest BCUT2D eigenvalue weighted by Gasteiger charge is -2.07. The highest BCUT2D eigenvalue weighted by atomic mass is 79.9. The number of anilines is 1. The summed E-state index contributed by atoms with van der Waals surface area (Å²) in [6, 6.07) is 17.2. The van der Waals surface area contributed by atoms with E-state index >= 15 is 0 Å².